The molecule has 0 radical (unpaired) electrons. The summed E-state index contributed by atoms with van der Waals surface area (Å²) in [7, 11) is 5.67. The Balaban J connectivity index is 1.81. The van der Waals surface area contributed by atoms with Crippen LogP contribution in [0.4, 0.5) is 5.95 Å². The summed E-state index contributed by atoms with van der Waals surface area (Å²) in [5.74, 6) is 1.11. The van der Waals surface area contributed by atoms with Gasteiger partial charge in [0, 0.05) is 19.3 Å². The molecule has 0 aliphatic rings. The molecular formula is C19H27N5O2. The Morgan fingerprint density at radius 2 is 2.08 bits per heavy atom. The lowest BCUT2D eigenvalue weighted by Gasteiger charge is -2.10. The van der Waals surface area contributed by atoms with Gasteiger partial charge in [0.1, 0.15) is 11.4 Å². The molecule has 1 heterocycles. The van der Waals surface area contributed by atoms with Crippen LogP contribution in [-0.4, -0.2) is 61.6 Å². The quantitative estimate of drug-likeness (QED) is 0.632. The first-order valence-electron chi connectivity index (χ1n) is 8.71. The highest BCUT2D eigenvalue weighted by atomic mass is 16.5. The smallest absolute Gasteiger partial charge is 0.270 e. The monoisotopic (exact) mass is 357 g/mol. The highest BCUT2D eigenvalue weighted by Gasteiger charge is 2.08. The van der Waals surface area contributed by atoms with Gasteiger partial charge in [-0.2, -0.15) is 0 Å². The molecule has 7 nitrogen and oxygen atoms in total. The molecule has 0 bridgehead atoms. The van der Waals surface area contributed by atoms with Crippen LogP contribution in [0.25, 0.3) is 0 Å². The molecule has 0 atom stereocenters. The highest BCUT2D eigenvalue weighted by Crippen LogP contribution is 2.13. The number of amides is 1. The maximum Gasteiger partial charge on any atom is 0.270 e. The molecule has 1 aromatic heterocycles. The molecular weight excluding hydrogens is 330 g/mol. The van der Waals surface area contributed by atoms with Gasteiger partial charge in [0.25, 0.3) is 5.91 Å². The number of hydrogen-bond acceptors (Lipinski definition) is 6. The number of ether oxygens (including phenoxy) is 1. The number of methoxy groups -OCH3 is 1. The van der Waals surface area contributed by atoms with Gasteiger partial charge in [-0.15, -0.1) is 0 Å². The summed E-state index contributed by atoms with van der Waals surface area (Å²) < 4.78 is 5.22. The lowest BCUT2D eigenvalue weighted by atomic mass is 10.1. The van der Waals surface area contributed by atoms with Crippen molar-refractivity contribution in [3.8, 4) is 5.75 Å². The van der Waals surface area contributed by atoms with Crippen molar-refractivity contribution in [2.75, 3.05) is 46.2 Å². The summed E-state index contributed by atoms with van der Waals surface area (Å²) in [6.45, 7) is 2.22. The van der Waals surface area contributed by atoms with Crippen molar-refractivity contribution in [3.05, 3.63) is 47.8 Å². The Hall–Kier alpha value is -2.67. The normalized spacial score (nSPS) is 10.6. The van der Waals surface area contributed by atoms with E-state index in [1.807, 2.05) is 38.4 Å². The predicted molar refractivity (Wildman–Crippen MR) is 103 cm³/mol. The van der Waals surface area contributed by atoms with Crippen LogP contribution in [0.15, 0.2) is 36.5 Å². The molecule has 0 aliphatic carbocycles. The maximum atomic E-state index is 12.2. The number of anilines is 1. The Morgan fingerprint density at radius 1 is 1.23 bits per heavy atom. The Bertz CT molecular complexity index is 706. The molecule has 2 N–H and O–H groups in total. The molecule has 0 fully saturated rings. The third kappa shape index (κ3) is 6.68. The van der Waals surface area contributed by atoms with Gasteiger partial charge in [0.05, 0.1) is 7.11 Å². The second-order valence-corrected chi connectivity index (χ2v) is 6.21. The van der Waals surface area contributed by atoms with Gasteiger partial charge in [-0.05, 0) is 57.2 Å². The SMILES string of the molecule is COc1cccc(CCNc2nccc(C(=O)NCCCN(C)C)n2)c1. The van der Waals surface area contributed by atoms with E-state index in [0.29, 0.717) is 24.7 Å². The molecule has 1 amide bonds. The fourth-order valence-corrected chi connectivity index (χ4v) is 2.40. The average Bonchev–Trinajstić information content (AvgIpc) is 2.65. The zero-order valence-electron chi connectivity index (χ0n) is 15.7. The van der Waals surface area contributed by atoms with Crippen LogP contribution in [-0.2, 0) is 6.42 Å². The lowest BCUT2D eigenvalue weighted by molar-refractivity contribution is 0.0947. The van der Waals surface area contributed by atoms with Crippen LogP contribution in [0, 0.1) is 0 Å². The number of nitrogens with zero attached hydrogens (tertiary/aromatic N) is 3. The average molecular weight is 357 g/mol. The van der Waals surface area contributed by atoms with Crippen LogP contribution in [0.2, 0.25) is 0 Å². The van der Waals surface area contributed by atoms with E-state index in [-0.39, 0.29) is 5.91 Å². The summed E-state index contributed by atoms with van der Waals surface area (Å²) in [4.78, 5) is 22.7. The molecule has 26 heavy (non-hydrogen) atoms. The summed E-state index contributed by atoms with van der Waals surface area (Å²) >= 11 is 0. The minimum absolute atomic E-state index is 0.179. The Kier molecular flexibility index (Phi) is 7.82. The highest BCUT2D eigenvalue weighted by molar-refractivity contribution is 5.92. The molecule has 1 aromatic carbocycles. The van der Waals surface area contributed by atoms with E-state index >= 15 is 0 Å². The number of carbonyl (C=O) groups is 1. The fraction of sp³-hybridized carbons (Fsp3) is 0.421. The van der Waals surface area contributed by atoms with Crippen LogP contribution in [0.1, 0.15) is 22.5 Å². The number of benzene rings is 1. The van der Waals surface area contributed by atoms with Gasteiger partial charge in [-0.25, -0.2) is 9.97 Å². The summed E-state index contributed by atoms with van der Waals surface area (Å²) in [5.41, 5.74) is 1.53. The molecule has 7 heteroatoms. The van der Waals surface area contributed by atoms with Gasteiger partial charge >= 0.3 is 0 Å². The second-order valence-electron chi connectivity index (χ2n) is 6.21. The van der Waals surface area contributed by atoms with Crippen molar-refractivity contribution >= 4 is 11.9 Å². The van der Waals surface area contributed by atoms with Gasteiger partial charge in [0.2, 0.25) is 5.95 Å². The first-order chi connectivity index (χ1) is 12.6. The van der Waals surface area contributed by atoms with Crippen LogP contribution < -0.4 is 15.4 Å². The van der Waals surface area contributed by atoms with Crippen LogP contribution >= 0.6 is 0 Å². The van der Waals surface area contributed by atoms with E-state index in [1.165, 1.54) is 0 Å². The fourth-order valence-electron chi connectivity index (χ4n) is 2.40. The molecule has 2 rings (SSSR count). The van der Waals surface area contributed by atoms with E-state index in [9.17, 15) is 4.79 Å². The first-order valence-corrected chi connectivity index (χ1v) is 8.71. The lowest BCUT2D eigenvalue weighted by Crippen LogP contribution is -2.28. The molecule has 0 aliphatic heterocycles. The third-order valence-corrected chi connectivity index (χ3v) is 3.79. The number of hydrogen-bond donors (Lipinski definition) is 2. The molecule has 140 valence electrons. The summed E-state index contributed by atoms with van der Waals surface area (Å²) in [6.07, 6.45) is 3.30. The van der Waals surface area contributed by atoms with Gasteiger partial charge in [0.15, 0.2) is 0 Å². The number of rotatable bonds is 10. The van der Waals surface area contributed by atoms with E-state index in [1.54, 1.807) is 19.4 Å². The van der Waals surface area contributed by atoms with Crippen molar-refractivity contribution in [1.29, 1.82) is 0 Å². The first kappa shape index (κ1) is 19.7. The van der Waals surface area contributed by atoms with Gasteiger partial charge in [-0.3, -0.25) is 4.79 Å². The Labute approximate surface area is 154 Å². The third-order valence-electron chi connectivity index (χ3n) is 3.79. The van der Waals surface area contributed by atoms with Crippen LogP contribution in [0.5, 0.6) is 5.75 Å². The molecule has 0 spiro atoms. The van der Waals surface area contributed by atoms with Gasteiger partial charge in [-0.1, -0.05) is 12.1 Å². The summed E-state index contributed by atoms with van der Waals surface area (Å²) in [6, 6.07) is 9.55. The van der Waals surface area contributed by atoms with Gasteiger partial charge < -0.3 is 20.3 Å². The second kappa shape index (κ2) is 10.4. The number of nitrogens with one attached hydrogen (secondary N) is 2. The minimum atomic E-state index is -0.179. The number of aromatic nitrogens is 2. The van der Waals surface area contributed by atoms with E-state index in [2.05, 4.69) is 25.5 Å². The Morgan fingerprint density at radius 3 is 2.85 bits per heavy atom. The van der Waals surface area contributed by atoms with E-state index in [0.717, 1.165) is 30.7 Å². The zero-order chi connectivity index (χ0) is 18.8. The van der Waals surface area contributed by atoms with E-state index in [4.69, 9.17) is 4.74 Å². The molecule has 0 saturated heterocycles. The number of carbonyl (C=O) groups excluding carboxylic acids is 1. The van der Waals surface area contributed by atoms with Crippen molar-refractivity contribution in [2.45, 2.75) is 12.8 Å². The maximum absolute atomic E-state index is 12.2. The minimum Gasteiger partial charge on any atom is -0.497 e. The van der Waals surface area contributed by atoms with E-state index < -0.39 is 0 Å². The van der Waals surface area contributed by atoms with Crippen molar-refractivity contribution in [1.82, 2.24) is 20.2 Å². The van der Waals surface area contributed by atoms with Crippen molar-refractivity contribution in [2.24, 2.45) is 0 Å². The standard InChI is InChI=1S/C19H27N5O2/c1-24(2)13-5-10-20-18(25)17-9-12-22-19(23-17)21-11-8-15-6-4-7-16(14-15)26-3/h4,6-7,9,12,14H,5,8,10-11,13H2,1-3H3,(H,20,25)(H,21,22,23). The molecule has 2 aromatic rings. The largest absolute Gasteiger partial charge is 0.497 e. The molecule has 0 saturated carbocycles. The topological polar surface area (TPSA) is 79.4 Å². The predicted octanol–water partition coefficient (Wildman–Crippen LogP) is 1.82. The van der Waals surface area contributed by atoms with Crippen LogP contribution in [0.3, 0.4) is 0 Å². The van der Waals surface area contributed by atoms with Crippen molar-refractivity contribution < 1.29 is 9.53 Å². The zero-order valence-corrected chi connectivity index (χ0v) is 15.7. The summed E-state index contributed by atoms with van der Waals surface area (Å²) in [5, 5.41) is 6.04. The molecule has 0 unspecified atom stereocenters. The van der Waals surface area contributed by atoms with Crippen molar-refractivity contribution in [3.63, 3.8) is 0 Å².